The van der Waals surface area contributed by atoms with Gasteiger partial charge in [-0.15, -0.1) is 11.3 Å². The summed E-state index contributed by atoms with van der Waals surface area (Å²) in [6.45, 7) is -0.147. The number of methoxy groups -OCH3 is 1. The Kier molecular flexibility index (Phi) is 7.90. The Hall–Kier alpha value is -4.27. The number of carbonyl (C=O) groups excluding carboxylic acids is 3. The lowest BCUT2D eigenvalue weighted by molar-refractivity contribution is -0.138. The topological polar surface area (TPSA) is 148 Å². The number of thiophene rings is 1. The first-order chi connectivity index (χ1) is 20.7. The number of nitrogens with one attached hydrogen (secondary N) is 1. The zero-order chi connectivity index (χ0) is 30.1. The average Bonchev–Trinajstić information content (AvgIpc) is 3.78. The molecule has 1 N–H and O–H groups in total. The number of ether oxygens (including phenoxy) is 2. The molecule has 12 nitrogen and oxygen atoms in total. The Bertz CT molecular complexity index is 1760. The van der Waals surface area contributed by atoms with Crippen LogP contribution in [0.2, 0.25) is 0 Å². The fraction of sp³-hybridized carbons (Fsp3) is 0.310. The normalized spacial score (nSPS) is 19.4. The van der Waals surface area contributed by atoms with Crippen molar-refractivity contribution in [1.82, 2.24) is 19.5 Å². The molecule has 3 atom stereocenters. The van der Waals surface area contributed by atoms with Crippen LogP contribution in [0.3, 0.4) is 0 Å². The van der Waals surface area contributed by atoms with Crippen molar-refractivity contribution < 1.29 is 36.7 Å². The number of nitrogens with zero attached hydrogens (tertiary/aromatic N) is 3. The van der Waals surface area contributed by atoms with Gasteiger partial charge in [0.15, 0.2) is 5.78 Å². The minimum absolute atomic E-state index is 0.0650. The third kappa shape index (κ3) is 5.98. The lowest BCUT2D eigenvalue weighted by Crippen LogP contribution is -2.53. The van der Waals surface area contributed by atoms with Crippen molar-refractivity contribution >= 4 is 50.1 Å². The molecule has 3 unspecified atom stereocenters. The zero-order valence-corrected chi connectivity index (χ0v) is 24.7. The fourth-order valence-corrected chi connectivity index (χ4v) is 8.09. The van der Waals surface area contributed by atoms with Crippen LogP contribution in [0, 0.1) is 0 Å². The van der Waals surface area contributed by atoms with E-state index in [0.717, 1.165) is 4.88 Å². The molecular weight excluding hydrogens is 596 g/mol. The lowest BCUT2D eigenvalue weighted by Gasteiger charge is -2.28. The Morgan fingerprint density at radius 3 is 2.81 bits per heavy atom. The molecular formula is C29H28N4O8S2. The molecule has 2 amide bonds. The number of fused-ring (bicyclic) bond motifs is 2. The second-order valence-electron chi connectivity index (χ2n) is 10.3. The number of furan rings is 1. The van der Waals surface area contributed by atoms with Crippen molar-refractivity contribution in [2.75, 3.05) is 20.2 Å². The van der Waals surface area contributed by atoms with Gasteiger partial charge in [-0.25, -0.2) is 13.2 Å². The molecule has 2 aliphatic rings. The van der Waals surface area contributed by atoms with Crippen LogP contribution < -0.4 is 14.8 Å². The maximum absolute atomic E-state index is 13.9. The van der Waals surface area contributed by atoms with Gasteiger partial charge in [-0.1, -0.05) is 12.1 Å². The number of pyridine rings is 1. The second-order valence-corrected chi connectivity index (χ2v) is 13.3. The first-order valence-corrected chi connectivity index (χ1v) is 16.0. The van der Waals surface area contributed by atoms with Gasteiger partial charge < -0.3 is 24.1 Å². The number of ketones is 1. The van der Waals surface area contributed by atoms with E-state index in [0.29, 0.717) is 28.7 Å². The number of sulfonamides is 1. The highest BCUT2D eigenvalue weighted by molar-refractivity contribution is 7.88. The SMILES string of the molecule is COc1ccc2oc(OC(=O)NC(Cc3cccs3)C(=O)N3CCC4C3C(=O)CN4S(=O)(=O)Cc3cccnc3)cc2c1. The van der Waals surface area contributed by atoms with Gasteiger partial charge in [-0.3, -0.25) is 14.6 Å². The number of hydrogen-bond acceptors (Lipinski definition) is 10. The van der Waals surface area contributed by atoms with Crippen LogP contribution in [-0.2, 0) is 31.8 Å². The summed E-state index contributed by atoms with van der Waals surface area (Å²) in [7, 11) is -2.31. The quantitative estimate of drug-likeness (QED) is 0.297. The molecule has 2 fully saturated rings. The third-order valence-electron chi connectivity index (χ3n) is 7.56. The summed E-state index contributed by atoms with van der Waals surface area (Å²) in [5.41, 5.74) is 0.993. The maximum Gasteiger partial charge on any atom is 0.415 e. The second kappa shape index (κ2) is 11.8. The number of Topliss-reactive ketones (excluding diaryl/α,β-unsaturated/α-hetero) is 1. The number of likely N-dealkylation sites (tertiary alicyclic amines) is 1. The Balaban J connectivity index is 1.18. The molecule has 2 aliphatic heterocycles. The van der Waals surface area contributed by atoms with Crippen LogP contribution in [0.5, 0.6) is 11.7 Å². The maximum atomic E-state index is 13.9. The number of carbonyl (C=O) groups is 3. The van der Waals surface area contributed by atoms with Crippen molar-refractivity contribution in [3.05, 3.63) is 76.7 Å². The van der Waals surface area contributed by atoms with Crippen LogP contribution in [0.15, 0.2) is 70.7 Å². The molecule has 6 rings (SSSR count). The van der Waals surface area contributed by atoms with Gasteiger partial charge >= 0.3 is 6.09 Å². The van der Waals surface area contributed by atoms with Crippen LogP contribution >= 0.6 is 11.3 Å². The average molecular weight is 625 g/mol. The number of benzene rings is 1. The van der Waals surface area contributed by atoms with E-state index < -0.39 is 40.1 Å². The highest BCUT2D eigenvalue weighted by Gasteiger charge is 2.54. The first-order valence-electron chi connectivity index (χ1n) is 13.5. The Morgan fingerprint density at radius 2 is 2.07 bits per heavy atom. The predicted octanol–water partition coefficient (Wildman–Crippen LogP) is 2.98. The summed E-state index contributed by atoms with van der Waals surface area (Å²) in [5.74, 6) is -0.605. The van der Waals surface area contributed by atoms with E-state index in [1.165, 1.54) is 39.9 Å². The molecule has 0 aliphatic carbocycles. The molecule has 4 aromatic rings. The Morgan fingerprint density at radius 1 is 1.21 bits per heavy atom. The molecule has 224 valence electrons. The monoisotopic (exact) mass is 624 g/mol. The standard InChI is InChI=1S/C29H28N4O8S2/c1-39-20-6-7-25-19(12-20)13-26(40-25)41-29(36)31-22(14-21-5-3-11-42-21)28(35)32-10-8-23-27(32)24(34)16-33(23)43(37,38)17-18-4-2-9-30-15-18/h2-7,9,11-13,15,22-23,27H,8,10,14,16-17H2,1H3,(H,31,36). The predicted molar refractivity (Wildman–Crippen MR) is 156 cm³/mol. The molecule has 1 aromatic carbocycles. The van der Waals surface area contributed by atoms with E-state index in [4.69, 9.17) is 13.9 Å². The molecule has 0 radical (unpaired) electrons. The van der Waals surface area contributed by atoms with Gasteiger partial charge in [-0.05, 0) is 47.7 Å². The number of rotatable bonds is 9. The van der Waals surface area contributed by atoms with Crippen LogP contribution in [0.1, 0.15) is 16.9 Å². The van der Waals surface area contributed by atoms with Gasteiger partial charge in [-0.2, -0.15) is 4.31 Å². The number of amides is 2. The van der Waals surface area contributed by atoms with E-state index in [1.807, 2.05) is 17.5 Å². The van der Waals surface area contributed by atoms with E-state index in [9.17, 15) is 22.8 Å². The van der Waals surface area contributed by atoms with Crippen molar-refractivity contribution in [1.29, 1.82) is 0 Å². The lowest BCUT2D eigenvalue weighted by atomic mass is 10.1. The van der Waals surface area contributed by atoms with Crippen molar-refractivity contribution in [2.45, 2.75) is 36.7 Å². The summed E-state index contributed by atoms with van der Waals surface area (Å²) in [6.07, 6.45) is 2.58. The highest BCUT2D eigenvalue weighted by atomic mass is 32.2. The highest BCUT2D eigenvalue weighted by Crippen LogP contribution is 2.34. The molecule has 43 heavy (non-hydrogen) atoms. The van der Waals surface area contributed by atoms with Gasteiger partial charge in [0.2, 0.25) is 15.9 Å². The van der Waals surface area contributed by atoms with Gasteiger partial charge in [0.05, 0.1) is 25.4 Å². The first kappa shape index (κ1) is 28.8. The molecule has 2 saturated heterocycles. The summed E-state index contributed by atoms with van der Waals surface area (Å²) in [4.78, 5) is 46.2. The van der Waals surface area contributed by atoms with Crippen LogP contribution in [0.25, 0.3) is 11.0 Å². The van der Waals surface area contributed by atoms with Gasteiger partial charge in [0.1, 0.15) is 23.4 Å². The smallest absolute Gasteiger partial charge is 0.415 e. The van der Waals surface area contributed by atoms with Crippen LogP contribution in [-0.4, -0.2) is 78.7 Å². The summed E-state index contributed by atoms with van der Waals surface area (Å²) >= 11 is 1.42. The van der Waals surface area contributed by atoms with Crippen LogP contribution in [0.4, 0.5) is 4.79 Å². The fourth-order valence-electron chi connectivity index (χ4n) is 5.63. The zero-order valence-electron chi connectivity index (χ0n) is 23.0. The summed E-state index contributed by atoms with van der Waals surface area (Å²) in [6, 6.07) is 11.0. The van der Waals surface area contributed by atoms with E-state index in [1.54, 1.807) is 36.5 Å². The minimum Gasteiger partial charge on any atom is -0.497 e. The minimum atomic E-state index is -3.85. The number of hydrogen-bond donors (Lipinski definition) is 1. The van der Waals surface area contributed by atoms with Crippen molar-refractivity contribution in [3.8, 4) is 11.7 Å². The number of aromatic nitrogens is 1. The van der Waals surface area contributed by atoms with E-state index in [-0.39, 0.29) is 37.0 Å². The largest absolute Gasteiger partial charge is 0.497 e. The summed E-state index contributed by atoms with van der Waals surface area (Å²) < 4.78 is 44.0. The van der Waals surface area contributed by atoms with E-state index >= 15 is 0 Å². The molecule has 0 bridgehead atoms. The molecule has 5 heterocycles. The van der Waals surface area contributed by atoms with E-state index in [2.05, 4.69) is 10.3 Å². The Labute approximate surface area is 251 Å². The molecule has 14 heteroatoms. The summed E-state index contributed by atoms with van der Waals surface area (Å²) in [5, 5.41) is 5.16. The molecule has 0 saturated carbocycles. The molecule has 3 aromatic heterocycles. The molecule has 0 spiro atoms. The van der Waals surface area contributed by atoms with Gasteiger partial charge in [0.25, 0.3) is 5.95 Å². The van der Waals surface area contributed by atoms with Crippen molar-refractivity contribution in [3.63, 3.8) is 0 Å². The third-order valence-corrected chi connectivity index (χ3v) is 10.3. The van der Waals surface area contributed by atoms with Crippen molar-refractivity contribution in [2.24, 2.45) is 0 Å². The van der Waals surface area contributed by atoms with Gasteiger partial charge in [0, 0.05) is 41.7 Å².